The quantitative estimate of drug-likeness (QED) is 0.0434. The zero-order chi connectivity index (χ0) is 29.8. The molecule has 1 N–H and O–H groups in total. The summed E-state index contributed by atoms with van der Waals surface area (Å²) in [6.07, 6.45) is 33.7. The van der Waals surface area contributed by atoms with Crippen LogP contribution < -0.4 is 0 Å². The molecule has 1 heterocycles. The van der Waals surface area contributed by atoms with E-state index in [0.717, 1.165) is 44.9 Å². The molecule has 0 aromatic carbocycles. The Bertz CT molecular complexity index is 728. The van der Waals surface area contributed by atoms with Gasteiger partial charge in [-0.3, -0.25) is 9.59 Å². The summed E-state index contributed by atoms with van der Waals surface area (Å²) in [5, 5.41) is 9.93. The number of esters is 2. The molecular formula is C35H60O6. The minimum Gasteiger partial charge on any atom is -0.463 e. The third-order valence-electron chi connectivity index (χ3n) is 7.28. The van der Waals surface area contributed by atoms with Gasteiger partial charge in [0.1, 0.15) is 19.3 Å². The summed E-state index contributed by atoms with van der Waals surface area (Å²) in [5.41, 5.74) is 0. The molecule has 2 unspecified atom stereocenters. The van der Waals surface area contributed by atoms with Gasteiger partial charge in [-0.25, -0.2) is 0 Å². The maximum Gasteiger partial charge on any atom is 0.305 e. The second-order valence-electron chi connectivity index (χ2n) is 11.3. The van der Waals surface area contributed by atoms with Crippen LogP contribution in [0.5, 0.6) is 0 Å². The van der Waals surface area contributed by atoms with Gasteiger partial charge in [0.2, 0.25) is 0 Å². The van der Waals surface area contributed by atoms with Crippen molar-refractivity contribution < 1.29 is 28.9 Å². The number of rotatable bonds is 28. The topological polar surface area (TPSA) is 85.4 Å². The van der Waals surface area contributed by atoms with Crippen LogP contribution in [0.1, 0.15) is 142 Å². The standard InChI is InChI=1S/C35H60O6/c1-3-5-7-9-11-12-15-19-23-27-34(37)39-29-31(36)30-40-35(38)28-24-20-16-13-14-18-22-26-33-32(41-33)25-21-17-10-8-6-4-2/h13,16-18,21-22,31-33,36H,3-12,14-15,19-20,23-30H2,1-2H3/b16-13-,21-17-,22-18-/t31-,32?,33?/m1/s1. The van der Waals surface area contributed by atoms with Gasteiger partial charge < -0.3 is 19.3 Å². The lowest BCUT2D eigenvalue weighted by molar-refractivity contribution is -0.152. The smallest absolute Gasteiger partial charge is 0.305 e. The molecule has 1 saturated heterocycles. The first kappa shape index (κ1) is 37.1. The van der Waals surface area contributed by atoms with E-state index in [0.29, 0.717) is 31.5 Å². The number of carbonyl (C=O) groups excluding carboxylic acids is 2. The normalized spacial score (nSPS) is 17.5. The highest BCUT2D eigenvalue weighted by molar-refractivity contribution is 5.69. The molecule has 6 nitrogen and oxygen atoms in total. The highest BCUT2D eigenvalue weighted by Crippen LogP contribution is 2.29. The minimum absolute atomic E-state index is 0.135. The van der Waals surface area contributed by atoms with Gasteiger partial charge in [-0.05, 0) is 51.4 Å². The number of hydrogen-bond donors (Lipinski definition) is 1. The monoisotopic (exact) mass is 576 g/mol. The zero-order valence-electron chi connectivity index (χ0n) is 26.2. The van der Waals surface area contributed by atoms with Gasteiger partial charge in [0.25, 0.3) is 0 Å². The van der Waals surface area contributed by atoms with E-state index in [1.807, 2.05) is 0 Å². The molecule has 0 saturated carbocycles. The third kappa shape index (κ3) is 24.4. The maximum atomic E-state index is 11.9. The van der Waals surface area contributed by atoms with Crippen molar-refractivity contribution in [3.63, 3.8) is 0 Å². The molecule has 3 atom stereocenters. The Morgan fingerprint density at radius 2 is 1.10 bits per heavy atom. The zero-order valence-corrected chi connectivity index (χ0v) is 26.2. The molecule has 0 aliphatic carbocycles. The summed E-state index contributed by atoms with van der Waals surface area (Å²) >= 11 is 0. The molecule has 236 valence electrons. The largest absolute Gasteiger partial charge is 0.463 e. The number of aliphatic hydroxyl groups excluding tert-OH is 1. The Morgan fingerprint density at radius 1 is 0.634 bits per heavy atom. The van der Waals surface area contributed by atoms with Crippen LogP contribution in [0.15, 0.2) is 36.5 Å². The van der Waals surface area contributed by atoms with E-state index < -0.39 is 6.10 Å². The number of allylic oxidation sites excluding steroid dienone is 4. The van der Waals surface area contributed by atoms with E-state index >= 15 is 0 Å². The fourth-order valence-electron chi connectivity index (χ4n) is 4.59. The molecule has 0 amide bonds. The van der Waals surface area contributed by atoms with Crippen molar-refractivity contribution in [2.45, 2.75) is 161 Å². The van der Waals surface area contributed by atoms with Gasteiger partial charge in [-0.2, -0.15) is 0 Å². The van der Waals surface area contributed by atoms with E-state index in [4.69, 9.17) is 14.2 Å². The van der Waals surface area contributed by atoms with Crippen molar-refractivity contribution in [1.82, 2.24) is 0 Å². The van der Waals surface area contributed by atoms with Crippen LogP contribution in [0, 0.1) is 0 Å². The molecule has 1 aliphatic rings. The minimum atomic E-state index is -0.985. The van der Waals surface area contributed by atoms with Crippen molar-refractivity contribution >= 4 is 11.9 Å². The Kier molecular flexibility index (Phi) is 24.4. The van der Waals surface area contributed by atoms with Crippen molar-refractivity contribution in [2.75, 3.05) is 13.2 Å². The molecular weight excluding hydrogens is 516 g/mol. The van der Waals surface area contributed by atoms with Crippen molar-refractivity contribution in [3.05, 3.63) is 36.5 Å². The van der Waals surface area contributed by atoms with Gasteiger partial charge in [-0.1, -0.05) is 115 Å². The molecule has 6 heteroatoms. The SMILES string of the molecule is CCCCC/C=C\CC1OC1C/C=C\C/C=C\CCCC(=O)OC[C@H](O)COC(=O)CCCCCCCCCCC. The molecule has 0 aromatic heterocycles. The van der Waals surface area contributed by atoms with Crippen LogP contribution in [-0.4, -0.2) is 48.6 Å². The van der Waals surface area contributed by atoms with Crippen molar-refractivity contribution in [1.29, 1.82) is 0 Å². The predicted molar refractivity (Wildman–Crippen MR) is 168 cm³/mol. The number of aliphatic hydroxyl groups is 1. The number of ether oxygens (including phenoxy) is 3. The summed E-state index contributed by atoms with van der Waals surface area (Å²) in [6.45, 7) is 4.17. The lowest BCUT2D eigenvalue weighted by Crippen LogP contribution is -2.25. The molecule has 1 rings (SSSR count). The Labute approximate surface area is 251 Å². The number of hydrogen-bond acceptors (Lipinski definition) is 6. The second-order valence-corrected chi connectivity index (χ2v) is 11.3. The van der Waals surface area contributed by atoms with Crippen LogP contribution in [0.3, 0.4) is 0 Å². The van der Waals surface area contributed by atoms with Crippen molar-refractivity contribution in [2.24, 2.45) is 0 Å². The Morgan fingerprint density at radius 3 is 1.73 bits per heavy atom. The predicted octanol–water partition coefficient (Wildman–Crippen LogP) is 8.71. The Balaban J connectivity index is 1.90. The third-order valence-corrected chi connectivity index (χ3v) is 7.28. The Hall–Kier alpha value is -1.92. The van der Waals surface area contributed by atoms with Gasteiger partial charge in [0.15, 0.2) is 0 Å². The van der Waals surface area contributed by atoms with E-state index in [9.17, 15) is 14.7 Å². The van der Waals surface area contributed by atoms with Crippen LogP contribution in [-0.2, 0) is 23.8 Å². The molecule has 41 heavy (non-hydrogen) atoms. The van der Waals surface area contributed by atoms with Gasteiger partial charge in [0, 0.05) is 12.8 Å². The molecule has 0 radical (unpaired) electrons. The summed E-state index contributed by atoms with van der Waals surface area (Å²) in [5.74, 6) is -0.640. The highest BCUT2D eigenvalue weighted by atomic mass is 16.6. The number of epoxide rings is 1. The first-order chi connectivity index (χ1) is 20.1. The molecule has 0 spiro atoms. The average molecular weight is 577 g/mol. The lowest BCUT2D eigenvalue weighted by atomic mass is 10.1. The van der Waals surface area contributed by atoms with Crippen molar-refractivity contribution in [3.8, 4) is 0 Å². The fourth-order valence-corrected chi connectivity index (χ4v) is 4.59. The van der Waals surface area contributed by atoms with Crippen LogP contribution in [0.25, 0.3) is 0 Å². The van der Waals surface area contributed by atoms with Crippen LogP contribution in [0.4, 0.5) is 0 Å². The summed E-state index contributed by atoms with van der Waals surface area (Å²) in [7, 11) is 0. The fraction of sp³-hybridized carbons (Fsp3) is 0.771. The van der Waals surface area contributed by atoms with E-state index in [1.165, 1.54) is 64.2 Å². The second kappa shape index (κ2) is 26.9. The first-order valence-electron chi connectivity index (χ1n) is 16.7. The van der Waals surface area contributed by atoms with Crippen LogP contribution in [0.2, 0.25) is 0 Å². The van der Waals surface area contributed by atoms with Crippen LogP contribution >= 0.6 is 0 Å². The van der Waals surface area contributed by atoms with E-state index in [-0.39, 0.29) is 25.2 Å². The van der Waals surface area contributed by atoms with Gasteiger partial charge >= 0.3 is 11.9 Å². The average Bonchev–Trinajstić information content (AvgIpc) is 3.72. The first-order valence-corrected chi connectivity index (χ1v) is 16.7. The maximum absolute atomic E-state index is 11.9. The molecule has 0 bridgehead atoms. The number of unbranched alkanes of at least 4 members (excludes halogenated alkanes) is 12. The van der Waals surface area contributed by atoms with Gasteiger partial charge in [0.05, 0.1) is 12.2 Å². The molecule has 1 aliphatic heterocycles. The molecule has 1 fully saturated rings. The molecule has 0 aromatic rings. The van der Waals surface area contributed by atoms with Gasteiger partial charge in [-0.15, -0.1) is 0 Å². The van der Waals surface area contributed by atoms with E-state index in [2.05, 4.69) is 50.3 Å². The number of carbonyl (C=O) groups is 2. The summed E-state index contributed by atoms with van der Waals surface area (Å²) < 4.78 is 15.9. The lowest BCUT2D eigenvalue weighted by Gasteiger charge is -2.12. The summed E-state index contributed by atoms with van der Waals surface area (Å²) in [6, 6.07) is 0. The summed E-state index contributed by atoms with van der Waals surface area (Å²) in [4.78, 5) is 23.7. The van der Waals surface area contributed by atoms with E-state index in [1.54, 1.807) is 0 Å². The highest BCUT2D eigenvalue weighted by Gasteiger charge is 2.35.